The Balaban J connectivity index is 1.14. The van der Waals surface area contributed by atoms with Crippen LogP contribution in [0.3, 0.4) is 0 Å². The molecule has 2 fully saturated rings. The molecule has 5 rings (SSSR count). The number of piperidine rings is 2. The zero-order valence-electron chi connectivity index (χ0n) is 20.3. The molecule has 186 valence electrons. The van der Waals surface area contributed by atoms with E-state index in [4.69, 9.17) is 0 Å². The van der Waals surface area contributed by atoms with E-state index in [-0.39, 0.29) is 23.3 Å². The van der Waals surface area contributed by atoms with Crippen LogP contribution in [0.15, 0.2) is 72.8 Å². The second-order valence-electron chi connectivity index (χ2n) is 9.89. The van der Waals surface area contributed by atoms with E-state index in [9.17, 15) is 19.8 Å². The fourth-order valence-corrected chi connectivity index (χ4v) is 5.45. The topological polar surface area (TPSA) is 81.1 Å². The molecule has 6 heteroatoms. The molecule has 6 nitrogen and oxygen atoms in total. The molecular weight excluding hydrogens is 452 g/mol. The van der Waals surface area contributed by atoms with Crippen LogP contribution in [0.5, 0.6) is 11.5 Å². The first kappa shape index (κ1) is 23.9. The third-order valence-corrected chi connectivity index (χ3v) is 7.67. The Kier molecular flexibility index (Phi) is 6.94. The molecule has 0 radical (unpaired) electrons. The van der Waals surface area contributed by atoms with Crippen LogP contribution in [-0.4, -0.2) is 58.0 Å². The number of hydrogen-bond donors (Lipinski definition) is 2. The summed E-state index contributed by atoms with van der Waals surface area (Å²) >= 11 is 0. The third-order valence-electron chi connectivity index (χ3n) is 7.67. The minimum Gasteiger partial charge on any atom is -0.508 e. The molecule has 3 aromatic rings. The number of phenolic OH excluding ortho intramolecular Hbond substituents is 2. The lowest BCUT2D eigenvalue weighted by molar-refractivity contribution is 0.0701. The number of nitrogens with zero attached hydrogens (tertiary/aromatic N) is 2. The molecule has 0 saturated carbocycles. The fourth-order valence-electron chi connectivity index (χ4n) is 5.45. The first-order valence-corrected chi connectivity index (χ1v) is 12.7. The Morgan fingerprint density at radius 3 is 1.14 bits per heavy atom. The Bertz CT molecular complexity index is 1090. The molecule has 2 aliphatic rings. The molecule has 2 saturated heterocycles. The van der Waals surface area contributed by atoms with Crippen LogP contribution in [0.2, 0.25) is 0 Å². The lowest BCUT2D eigenvalue weighted by Crippen LogP contribution is -2.38. The Morgan fingerprint density at radius 2 is 0.833 bits per heavy atom. The average molecular weight is 485 g/mol. The number of likely N-dealkylation sites (tertiary alicyclic amines) is 2. The van der Waals surface area contributed by atoms with Crippen LogP contribution >= 0.6 is 0 Å². The molecule has 3 aromatic carbocycles. The average Bonchev–Trinajstić information content (AvgIpc) is 2.93. The number of benzene rings is 3. The summed E-state index contributed by atoms with van der Waals surface area (Å²) in [6.07, 6.45) is 3.58. The second kappa shape index (κ2) is 10.4. The van der Waals surface area contributed by atoms with Crippen molar-refractivity contribution in [3.05, 3.63) is 95.1 Å². The summed E-state index contributed by atoms with van der Waals surface area (Å²) in [5.74, 6) is 1.35. The quantitative estimate of drug-likeness (QED) is 0.538. The van der Waals surface area contributed by atoms with Crippen LogP contribution in [-0.2, 0) is 0 Å². The van der Waals surface area contributed by atoms with E-state index in [1.165, 1.54) is 11.1 Å². The maximum Gasteiger partial charge on any atom is 0.253 e. The van der Waals surface area contributed by atoms with E-state index in [0.29, 0.717) is 49.1 Å². The molecule has 2 aliphatic heterocycles. The maximum atomic E-state index is 13.0. The normalized spacial score (nSPS) is 17.2. The van der Waals surface area contributed by atoms with E-state index < -0.39 is 0 Å². The first-order valence-electron chi connectivity index (χ1n) is 12.7. The number of phenols is 2. The van der Waals surface area contributed by atoms with Crippen LogP contribution in [0.4, 0.5) is 0 Å². The summed E-state index contributed by atoms with van der Waals surface area (Å²) in [6, 6.07) is 21.8. The summed E-state index contributed by atoms with van der Waals surface area (Å²) < 4.78 is 0. The lowest BCUT2D eigenvalue weighted by Gasteiger charge is -2.33. The van der Waals surface area contributed by atoms with Gasteiger partial charge in [0.2, 0.25) is 0 Å². The van der Waals surface area contributed by atoms with Crippen LogP contribution in [0, 0.1) is 0 Å². The van der Waals surface area contributed by atoms with Gasteiger partial charge in [-0.1, -0.05) is 24.3 Å². The SMILES string of the molecule is O=C(c1ccc(C(=O)N2CCC(c3ccc(O)cc3)CC2)cc1)N1CCC(c2ccc(O)cc2)CC1. The number of carbonyl (C=O) groups is 2. The standard InChI is InChI=1S/C30H32N2O4/c33-27-9-5-21(6-10-27)23-13-17-31(18-14-23)29(35)25-1-2-26(4-3-25)30(36)32-19-15-24(16-20-32)22-7-11-28(34)12-8-22/h1-12,23-24,33-34H,13-20H2. The second-order valence-corrected chi connectivity index (χ2v) is 9.89. The molecule has 2 amide bonds. The van der Waals surface area contributed by atoms with Crippen LogP contribution < -0.4 is 0 Å². The summed E-state index contributed by atoms with van der Waals surface area (Å²) in [7, 11) is 0. The Labute approximate surface area is 211 Å². The highest BCUT2D eigenvalue weighted by Crippen LogP contribution is 2.31. The molecule has 0 unspecified atom stereocenters. The predicted octanol–water partition coefficient (Wildman–Crippen LogP) is 5.14. The van der Waals surface area contributed by atoms with Gasteiger partial charge in [0.25, 0.3) is 11.8 Å². The fraction of sp³-hybridized carbons (Fsp3) is 0.333. The molecule has 0 bridgehead atoms. The van der Waals surface area contributed by atoms with Gasteiger partial charge in [-0.3, -0.25) is 9.59 Å². The third kappa shape index (κ3) is 5.23. The summed E-state index contributed by atoms with van der Waals surface area (Å²) in [4.78, 5) is 29.9. The lowest BCUT2D eigenvalue weighted by atomic mass is 9.89. The monoisotopic (exact) mass is 484 g/mol. The van der Waals surface area contributed by atoms with Gasteiger partial charge in [-0.05, 0) is 97.2 Å². The van der Waals surface area contributed by atoms with Crippen molar-refractivity contribution in [2.24, 2.45) is 0 Å². The molecule has 0 spiro atoms. The summed E-state index contributed by atoms with van der Waals surface area (Å²) in [5, 5.41) is 19.0. The maximum absolute atomic E-state index is 13.0. The van der Waals surface area contributed by atoms with Gasteiger partial charge in [-0.2, -0.15) is 0 Å². The van der Waals surface area contributed by atoms with Gasteiger partial charge in [0.05, 0.1) is 0 Å². The Morgan fingerprint density at radius 1 is 0.528 bits per heavy atom. The minimum absolute atomic E-state index is 0.00728. The highest BCUT2D eigenvalue weighted by Gasteiger charge is 2.27. The van der Waals surface area contributed by atoms with Crippen molar-refractivity contribution in [3.63, 3.8) is 0 Å². The van der Waals surface area contributed by atoms with Gasteiger partial charge < -0.3 is 20.0 Å². The van der Waals surface area contributed by atoms with Crippen molar-refractivity contribution >= 4 is 11.8 Å². The van der Waals surface area contributed by atoms with Crippen molar-refractivity contribution < 1.29 is 19.8 Å². The van der Waals surface area contributed by atoms with E-state index >= 15 is 0 Å². The number of hydrogen-bond acceptors (Lipinski definition) is 4. The highest BCUT2D eigenvalue weighted by atomic mass is 16.3. The van der Waals surface area contributed by atoms with Gasteiger partial charge in [-0.15, -0.1) is 0 Å². The number of aromatic hydroxyl groups is 2. The molecule has 0 aliphatic carbocycles. The van der Waals surface area contributed by atoms with E-state index in [0.717, 1.165) is 25.7 Å². The van der Waals surface area contributed by atoms with Crippen LogP contribution in [0.1, 0.15) is 69.4 Å². The number of rotatable bonds is 4. The first-order chi connectivity index (χ1) is 17.5. The van der Waals surface area contributed by atoms with E-state index in [1.807, 2.05) is 34.1 Å². The van der Waals surface area contributed by atoms with Gasteiger partial charge in [0, 0.05) is 37.3 Å². The smallest absolute Gasteiger partial charge is 0.253 e. The largest absolute Gasteiger partial charge is 0.508 e. The zero-order chi connectivity index (χ0) is 25.1. The van der Waals surface area contributed by atoms with Crippen molar-refractivity contribution in [1.29, 1.82) is 0 Å². The predicted molar refractivity (Wildman–Crippen MR) is 138 cm³/mol. The summed E-state index contributed by atoms with van der Waals surface area (Å²) in [5.41, 5.74) is 3.63. The van der Waals surface area contributed by atoms with Crippen molar-refractivity contribution in [1.82, 2.24) is 9.80 Å². The molecule has 2 heterocycles. The summed E-state index contributed by atoms with van der Waals surface area (Å²) in [6.45, 7) is 2.78. The number of amides is 2. The number of carbonyl (C=O) groups excluding carboxylic acids is 2. The van der Waals surface area contributed by atoms with Gasteiger partial charge in [0.1, 0.15) is 11.5 Å². The van der Waals surface area contributed by atoms with E-state index in [2.05, 4.69) is 0 Å². The molecule has 36 heavy (non-hydrogen) atoms. The molecule has 0 atom stereocenters. The minimum atomic E-state index is 0.00728. The van der Waals surface area contributed by atoms with Crippen LogP contribution in [0.25, 0.3) is 0 Å². The zero-order valence-corrected chi connectivity index (χ0v) is 20.3. The highest BCUT2D eigenvalue weighted by molar-refractivity contribution is 5.98. The molecule has 2 N–H and O–H groups in total. The van der Waals surface area contributed by atoms with Crippen molar-refractivity contribution in [2.75, 3.05) is 26.2 Å². The van der Waals surface area contributed by atoms with Gasteiger partial charge in [-0.25, -0.2) is 0 Å². The molecule has 0 aromatic heterocycles. The van der Waals surface area contributed by atoms with Gasteiger partial charge in [0.15, 0.2) is 0 Å². The molecular formula is C30H32N2O4. The van der Waals surface area contributed by atoms with Crippen molar-refractivity contribution in [2.45, 2.75) is 37.5 Å². The van der Waals surface area contributed by atoms with Crippen molar-refractivity contribution in [3.8, 4) is 11.5 Å². The van der Waals surface area contributed by atoms with E-state index in [1.54, 1.807) is 48.5 Å². The Hall–Kier alpha value is -3.80. The van der Waals surface area contributed by atoms with Gasteiger partial charge >= 0.3 is 0 Å².